The van der Waals surface area contributed by atoms with Crippen molar-refractivity contribution < 1.29 is 42.1 Å². The Morgan fingerprint density at radius 1 is 0.533 bits per heavy atom. The number of rotatable bonds is 40. The topological polar surface area (TPSA) is 111 Å². The molecule has 0 heterocycles. The Labute approximate surface area is 366 Å². The number of carbonyl (C=O) groups excluding carboxylic acids is 2. The van der Waals surface area contributed by atoms with Gasteiger partial charge >= 0.3 is 11.9 Å². The zero-order valence-corrected chi connectivity index (χ0v) is 39.3. The maximum absolute atomic E-state index is 12.7. The monoisotopic (exact) mass is 858 g/mol. The van der Waals surface area contributed by atoms with E-state index in [1.807, 2.05) is 21.1 Å². The van der Waals surface area contributed by atoms with Gasteiger partial charge in [0.15, 0.2) is 6.10 Å². The number of carbonyl (C=O) groups is 2. The standard InChI is InChI=1S/C50H84NO8P/c1-6-8-10-12-14-16-18-20-22-24-25-27-28-30-32-34-36-38-40-42-49(52)56-46-48(47-58-60(54,55)57-45-44-51(3,4)5)59-50(53)43-41-39-37-35-33-31-29-26-23-21-19-17-15-13-11-9-7-2/h8,10,14-17,20-23,25,27,29-32,48H,6-7,9,11-13,18-19,24,26,28,33-47H2,1-5H3/b10-8-,16-14-,17-15-,22-20-,23-21-,27-25-,31-29-,32-30-/t48-/m1/s1. The smallest absolute Gasteiger partial charge is 0.306 e. The Bertz CT molecular complexity index is 1340. The van der Waals surface area contributed by atoms with E-state index in [-0.39, 0.29) is 26.1 Å². The van der Waals surface area contributed by atoms with Crippen LogP contribution in [0.1, 0.15) is 155 Å². The number of hydrogen-bond donors (Lipinski definition) is 0. The molecule has 0 N–H and O–H groups in total. The minimum absolute atomic E-state index is 0.0469. The number of phosphoric acid groups is 1. The number of likely N-dealkylation sites (N-methyl/N-ethyl adjacent to an activating group) is 1. The molecular weight excluding hydrogens is 774 g/mol. The number of nitrogens with zero attached hydrogens (tertiary/aromatic N) is 1. The first kappa shape index (κ1) is 56.9. The Morgan fingerprint density at radius 2 is 0.950 bits per heavy atom. The van der Waals surface area contributed by atoms with Crippen LogP contribution in [0.25, 0.3) is 0 Å². The van der Waals surface area contributed by atoms with Gasteiger partial charge in [0.25, 0.3) is 7.82 Å². The summed E-state index contributed by atoms with van der Waals surface area (Å²) in [5.74, 6) is -0.908. The van der Waals surface area contributed by atoms with Crippen molar-refractivity contribution in [2.75, 3.05) is 47.5 Å². The molecule has 0 aliphatic heterocycles. The molecule has 0 aliphatic carbocycles. The van der Waals surface area contributed by atoms with Crippen molar-refractivity contribution in [3.05, 3.63) is 97.2 Å². The largest absolute Gasteiger partial charge is 0.756 e. The van der Waals surface area contributed by atoms with Crippen LogP contribution in [-0.4, -0.2) is 70.0 Å². The minimum atomic E-state index is -4.65. The highest BCUT2D eigenvalue weighted by Crippen LogP contribution is 2.38. The third-order valence-corrected chi connectivity index (χ3v) is 10.1. The van der Waals surface area contributed by atoms with Gasteiger partial charge in [-0.3, -0.25) is 14.2 Å². The summed E-state index contributed by atoms with van der Waals surface area (Å²) in [4.78, 5) is 37.6. The zero-order chi connectivity index (χ0) is 44.3. The van der Waals surface area contributed by atoms with Crippen LogP contribution in [0.5, 0.6) is 0 Å². The second kappa shape index (κ2) is 41.3. The van der Waals surface area contributed by atoms with E-state index in [1.165, 1.54) is 25.7 Å². The van der Waals surface area contributed by atoms with Crippen molar-refractivity contribution in [2.45, 2.75) is 161 Å². The third kappa shape index (κ3) is 44.5. The van der Waals surface area contributed by atoms with Crippen LogP contribution < -0.4 is 4.89 Å². The van der Waals surface area contributed by atoms with Crippen LogP contribution in [0.2, 0.25) is 0 Å². The van der Waals surface area contributed by atoms with Crippen LogP contribution in [-0.2, 0) is 32.7 Å². The van der Waals surface area contributed by atoms with E-state index in [1.54, 1.807) is 0 Å². The summed E-state index contributed by atoms with van der Waals surface area (Å²) in [5, 5.41) is 0. The number of ether oxygens (including phenoxy) is 2. The van der Waals surface area contributed by atoms with Gasteiger partial charge in [-0.05, 0) is 96.3 Å². The highest BCUT2D eigenvalue weighted by atomic mass is 31.2. The molecule has 60 heavy (non-hydrogen) atoms. The lowest BCUT2D eigenvalue weighted by molar-refractivity contribution is -0.870. The van der Waals surface area contributed by atoms with E-state index in [2.05, 4.69) is 111 Å². The first-order valence-electron chi connectivity index (χ1n) is 22.9. The molecule has 0 aliphatic rings. The normalized spacial score (nSPS) is 14.4. The van der Waals surface area contributed by atoms with Gasteiger partial charge in [0, 0.05) is 12.8 Å². The number of quaternary nitrogens is 1. The van der Waals surface area contributed by atoms with Crippen LogP contribution >= 0.6 is 7.82 Å². The van der Waals surface area contributed by atoms with Crippen molar-refractivity contribution in [1.29, 1.82) is 0 Å². The van der Waals surface area contributed by atoms with Crippen LogP contribution in [0, 0.1) is 0 Å². The fourth-order valence-corrected chi connectivity index (χ4v) is 6.24. The Morgan fingerprint density at radius 3 is 1.42 bits per heavy atom. The summed E-state index contributed by atoms with van der Waals surface area (Å²) < 4.78 is 33.9. The van der Waals surface area contributed by atoms with Crippen molar-refractivity contribution in [1.82, 2.24) is 0 Å². The van der Waals surface area contributed by atoms with Gasteiger partial charge < -0.3 is 27.9 Å². The van der Waals surface area contributed by atoms with Crippen molar-refractivity contribution >= 4 is 19.8 Å². The molecule has 10 heteroatoms. The first-order valence-corrected chi connectivity index (χ1v) is 24.4. The lowest BCUT2D eigenvalue weighted by Gasteiger charge is -2.28. The summed E-state index contributed by atoms with van der Waals surface area (Å²) in [6.07, 6.45) is 54.3. The molecule has 9 nitrogen and oxygen atoms in total. The Hall–Kier alpha value is -3.07. The molecule has 2 atom stereocenters. The van der Waals surface area contributed by atoms with Gasteiger partial charge in [-0.15, -0.1) is 0 Å². The highest BCUT2D eigenvalue weighted by molar-refractivity contribution is 7.45. The number of esters is 2. The molecule has 342 valence electrons. The summed E-state index contributed by atoms with van der Waals surface area (Å²) >= 11 is 0. The minimum Gasteiger partial charge on any atom is -0.756 e. The Balaban J connectivity index is 4.47. The van der Waals surface area contributed by atoms with Crippen molar-refractivity contribution in [2.24, 2.45) is 0 Å². The predicted molar refractivity (Wildman–Crippen MR) is 249 cm³/mol. The second-order valence-corrected chi connectivity index (χ2v) is 17.4. The molecule has 0 saturated carbocycles. The molecule has 0 aromatic heterocycles. The van der Waals surface area contributed by atoms with E-state index in [0.717, 1.165) is 89.9 Å². The van der Waals surface area contributed by atoms with Crippen molar-refractivity contribution in [3.8, 4) is 0 Å². The number of unbranched alkanes of at least 4 members (excludes halogenated alkanes) is 10. The molecule has 1 unspecified atom stereocenters. The number of phosphoric ester groups is 1. The van der Waals surface area contributed by atoms with Crippen LogP contribution in [0.3, 0.4) is 0 Å². The molecule has 0 aromatic carbocycles. The molecule has 0 aromatic rings. The average Bonchev–Trinajstić information content (AvgIpc) is 3.20. The Kier molecular flexibility index (Phi) is 39.2. The summed E-state index contributed by atoms with van der Waals surface area (Å²) in [5.41, 5.74) is 0. The summed E-state index contributed by atoms with van der Waals surface area (Å²) in [6.45, 7) is 3.99. The molecule has 0 spiro atoms. The lowest BCUT2D eigenvalue weighted by atomic mass is 10.1. The third-order valence-electron chi connectivity index (χ3n) is 9.09. The van der Waals surface area contributed by atoms with E-state index in [0.29, 0.717) is 23.9 Å². The second-order valence-electron chi connectivity index (χ2n) is 16.0. The fourth-order valence-electron chi connectivity index (χ4n) is 5.51. The number of allylic oxidation sites excluding steroid dienone is 16. The summed E-state index contributed by atoms with van der Waals surface area (Å²) in [6, 6.07) is 0. The average molecular weight is 858 g/mol. The molecular formula is C50H84NO8P. The molecule has 0 saturated heterocycles. The zero-order valence-electron chi connectivity index (χ0n) is 38.4. The molecule has 0 fully saturated rings. The highest BCUT2D eigenvalue weighted by Gasteiger charge is 2.21. The van der Waals surface area contributed by atoms with Gasteiger partial charge in [0.2, 0.25) is 0 Å². The van der Waals surface area contributed by atoms with E-state index < -0.39 is 32.5 Å². The summed E-state index contributed by atoms with van der Waals surface area (Å²) in [7, 11) is 1.11. The maximum Gasteiger partial charge on any atom is 0.306 e. The lowest BCUT2D eigenvalue weighted by Crippen LogP contribution is -2.37. The molecule has 0 radical (unpaired) electrons. The van der Waals surface area contributed by atoms with Crippen LogP contribution in [0.15, 0.2) is 97.2 Å². The van der Waals surface area contributed by atoms with E-state index in [4.69, 9.17) is 18.5 Å². The van der Waals surface area contributed by atoms with E-state index >= 15 is 0 Å². The molecule has 0 rings (SSSR count). The maximum atomic E-state index is 12.7. The van der Waals surface area contributed by atoms with Gasteiger partial charge in [-0.25, -0.2) is 0 Å². The first-order chi connectivity index (χ1) is 29.0. The molecule has 0 bridgehead atoms. The fraction of sp³-hybridized carbons (Fsp3) is 0.640. The van der Waals surface area contributed by atoms with E-state index in [9.17, 15) is 19.0 Å². The number of hydrogen-bond acceptors (Lipinski definition) is 8. The quantitative estimate of drug-likeness (QED) is 0.0197. The van der Waals surface area contributed by atoms with Gasteiger partial charge in [0.1, 0.15) is 19.8 Å². The van der Waals surface area contributed by atoms with Gasteiger partial charge in [-0.2, -0.15) is 0 Å². The predicted octanol–water partition coefficient (Wildman–Crippen LogP) is 12.7. The van der Waals surface area contributed by atoms with Crippen molar-refractivity contribution in [3.63, 3.8) is 0 Å². The molecule has 0 amide bonds. The van der Waals surface area contributed by atoms with Gasteiger partial charge in [-0.1, -0.05) is 143 Å². The van der Waals surface area contributed by atoms with Crippen LogP contribution in [0.4, 0.5) is 0 Å². The SMILES string of the molecule is CC/C=C\C/C=C\C/C=C\C/C=C\C/C=C\CCCCCC(=O)OC[C@H](COP(=O)([O-])OCC[N+](C)(C)C)OC(=O)CCCCCC/C=C\C/C=C\C/C=C\CCCCC. The van der Waals surface area contributed by atoms with Gasteiger partial charge in [0.05, 0.1) is 27.7 Å².